The molecule has 1 aromatic carbocycles. The van der Waals surface area contributed by atoms with Gasteiger partial charge in [-0.2, -0.15) is 0 Å². The summed E-state index contributed by atoms with van der Waals surface area (Å²) in [4.78, 5) is 2.25. The van der Waals surface area contributed by atoms with Gasteiger partial charge < -0.3 is 10.0 Å². The molecule has 1 aliphatic carbocycles. The maximum absolute atomic E-state index is 10.8. The number of halogens is 1. The van der Waals surface area contributed by atoms with E-state index in [1.54, 1.807) is 0 Å². The Morgan fingerprint density at radius 1 is 1.08 bits per heavy atom. The highest BCUT2D eigenvalue weighted by molar-refractivity contribution is 8.93. The Morgan fingerprint density at radius 2 is 1.84 bits per heavy atom. The van der Waals surface area contributed by atoms with Crippen molar-refractivity contribution in [3.05, 3.63) is 78.1 Å². The number of aryl methyl sites for hydroxylation is 1. The smallest absolute Gasteiger partial charge is 0.119 e. The summed E-state index contributed by atoms with van der Waals surface area (Å²) in [7, 11) is 2.12. The summed E-state index contributed by atoms with van der Waals surface area (Å²) >= 11 is 0. The van der Waals surface area contributed by atoms with Crippen LogP contribution in [0.3, 0.4) is 0 Å². The summed E-state index contributed by atoms with van der Waals surface area (Å²) in [6.07, 6.45) is 19.4. The molecule has 0 fully saturated rings. The summed E-state index contributed by atoms with van der Waals surface area (Å²) < 4.78 is 0. The maximum atomic E-state index is 10.8. The molecule has 0 bridgehead atoms. The monoisotopic (exact) mass is 401 g/mol. The first-order chi connectivity index (χ1) is 11.6. The van der Waals surface area contributed by atoms with Crippen LogP contribution in [0.5, 0.6) is 5.75 Å². The lowest BCUT2D eigenvalue weighted by atomic mass is 9.61. The Labute approximate surface area is 162 Å². The van der Waals surface area contributed by atoms with Crippen molar-refractivity contribution in [3.63, 3.8) is 0 Å². The predicted octanol–water partition coefficient (Wildman–Crippen LogP) is 5.31. The Kier molecular flexibility index (Phi) is 6.34. The van der Waals surface area contributed by atoms with Gasteiger partial charge in [0.05, 0.1) is 6.04 Å². The van der Waals surface area contributed by atoms with Crippen LogP contribution in [0.4, 0.5) is 0 Å². The zero-order valence-electron chi connectivity index (χ0n) is 15.2. The van der Waals surface area contributed by atoms with Crippen LogP contribution in [0.25, 0.3) is 0 Å². The van der Waals surface area contributed by atoms with Gasteiger partial charge in [0.1, 0.15) is 5.75 Å². The molecular formula is C22H28BrNO. The van der Waals surface area contributed by atoms with Crippen LogP contribution in [-0.2, 0) is 11.8 Å². The van der Waals surface area contributed by atoms with E-state index in [0.29, 0.717) is 11.7 Å². The number of rotatable bonds is 4. The van der Waals surface area contributed by atoms with Crippen molar-refractivity contribution >= 4 is 17.0 Å². The SMILES string of the molecule is Br.CCc1ccc(O)c(C2(C3C=CC=CN3C)C=CC=CC2CC)c1. The van der Waals surface area contributed by atoms with Gasteiger partial charge in [-0.05, 0) is 42.7 Å². The van der Waals surface area contributed by atoms with Gasteiger partial charge in [0, 0.05) is 18.0 Å². The average molecular weight is 402 g/mol. The topological polar surface area (TPSA) is 23.5 Å². The van der Waals surface area contributed by atoms with E-state index in [4.69, 9.17) is 0 Å². The van der Waals surface area contributed by atoms with Gasteiger partial charge in [-0.1, -0.05) is 62.4 Å². The zero-order chi connectivity index (χ0) is 17.2. The number of hydrogen-bond acceptors (Lipinski definition) is 2. The van der Waals surface area contributed by atoms with Crippen LogP contribution in [0, 0.1) is 5.92 Å². The minimum Gasteiger partial charge on any atom is -0.508 e. The highest BCUT2D eigenvalue weighted by Crippen LogP contribution is 2.48. The van der Waals surface area contributed by atoms with Gasteiger partial charge in [0.2, 0.25) is 0 Å². The Hall–Kier alpha value is -1.74. The van der Waals surface area contributed by atoms with Gasteiger partial charge in [-0.15, -0.1) is 17.0 Å². The number of benzene rings is 1. The fourth-order valence-electron chi connectivity index (χ4n) is 4.17. The summed E-state index contributed by atoms with van der Waals surface area (Å²) in [5.74, 6) is 0.728. The third-order valence-electron chi connectivity index (χ3n) is 5.47. The number of likely N-dealkylation sites (N-methyl/N-ethyl adjacent to an activating group) is 1. The fourth-order valence-corrected chi connectivity index (χ4v) is 4.17. The molecule has 2 aliphatic rings. The van der Waals surface area contributed by atoms with Crippen LogP contribution in [0.1, 0.15) is 31.4 Å². The molecule has 0 amide bonds. The second-order valence-corrected chi connectivity index (χ2v) is 6.73. The van der Waals surface area contributed by atoms with Gasteiger partial charge >= 0.3 is 0 Å². The molecule has 2 nitrogen and oxygen atoms in total. The average Bonchev–Trinajstić information content (AvgIpc) is 2.62. The largest absolute Gasteiger partial charge is 0.508 e. The molecule has 3 unspecified atom stereocenters. The molecular weight excluding hydrogens is 374 g/mol. The van der Waals surface area contributed by atoms with Crippen LogP contribution >= 0.6 is 17.0 Å². The van der Waals surface area contributed by atoms with Crippen LogP contribution in [0.2, 0.25) is 0 Å². The molecule has 3 atom stereocenters. The van der Waals surface area contributed by atoms with E-state index >= 15 is 0 Å². The van der Waals surface area contributed by atoms with Crippen molar-refractivity contribution in [2.45, 2.75) is 38.1 Å². The highest BCUT2D eigenvalue weighted by Gasteiger charge is 2.46. The third-order valence-corrected chi connectivity index (χ3v) is 5.47. The number of allylic oxidation sites excluding steroid dienone is 5. The molecule has 1 aromatic rings. The van der Waals surface area contributed by atoms with Gasteiger partial charge in [-0.25, -0.2) is 0 Å². The first-order valence-corrected chi connectivity index (χ1v) is 8.88. The molecule has 1 aliphatic heterocycles. The molecule has 0 saturated heterocycles. The molecule has 25 heavy (non-hydrogen) atoms. The Balaban J connectivity index is 0.00000225. The lowest BCUT2D eigenvalue weighted by Crippen LogP contribution is -2.50. The lowest BCUT2D eigenvalue weighted by molar-refractivity contribution is 0.217. The molecule has 0 saturated carbocycles. The summed E-state index contributed by atoms with van der Waals surface area (Å²) in [5.41, 5.74) is 2.03. The van der Waals surface area contributed by atoms with E-state index in [2.05, 4.69) is 80.6 Å². The standard InChI is InChI=1S/C22H27NO.BrH/c1-4-17-12-13-20(24)19(16-17)22(14-8-6-10-18(22)5-2)21-11-7-9-15-23(21)3;/h6-16,18,21,24H,4-5H2,1-3H3;1H. The molecule has 1 heterocycles. The van der Waals surface area contributed by atoms with Gasteiger partial charge in [-0.3, -0.25) is 0 Å². The fraction of sp³-hybridized carbons (Fsp3) is 0.364. The molecule has 3 rings (SSSR count). The lowest BCUT2D eigenvalue weighted by Gasteiger charge is -2.48. The van der Waals surface area contributed by atoms with Gasteiger partial charge in [0.25, 0.3) is 0 Å². The Bertz CT molecular complexity index is 719. The maximum Gasteiger partial charge on any atom is 0.119 e. The van der Waals surface area contributed by atoms with Crippen molar-refractivity contribution in [2.75, 3.05) is 7.05 Å². The molecule has 134 valence electrons. The summed E-state index contributed by atoms with van der Waals surface area (Å²) in [5, 5.41) is 10.8. The van der Waals surface area contributed by atoms with Crippen molar-refractivity contribution < 1.29 is 5.11 Å². The number of aromatic hydroxyl groups is 1. The van der Waals surface area contributed by atoms with Crippen LogP contribution in [-0.4, -0.2) is 23.1 Å². The number of phenols is 1. The second-order valence-electron chi connectivity index (χ2n) is 6.73. The third kappa shape index (κ3) is 3.35. The molecule has 0 spiro atoms. The first kappa shape index (κ1) is 19.6. The van der Waals surface area contributed by atoms with Crippen molar-refractivity contribution in [3.8, 4) is 5.75 Å². The van der Waals surface area contributed by atoms with E-state index in [9.17, 15) is 5.11 Å². The van der Waals surface area contributed by atoms with Crippen LogP contribution < -0.4 is 0 Å². The van der Waals surface area contributed by atoms with Crippen molar-refractivity contribution in [1.82, 2.24) is 4.90 Å². The van der Waals surface area contributed by atoms with E-state index in [-0.39, 0.29) is 28.4 Å². The van der Waals surface area contributed by atoms with Gasteiger partial charge in [0.15, 0.2) is 0 Å². The van der Waals surface area contributed by atoms with E-state index in [0.717, 1.165) is 18.4 Å². The van der Waals surface area contributed by atoms with E-state index in [1.165, 1.54) is 5.56 Å². The van der Waals surface area contributed by atoms with Crippen molar-refractivity contribution in [2.24, 2.45) is 5.92 Å². The van der Waals surface area contributed by atoms with E-state index in [1.807, 2.05) is 12.1 Å². The normalized spacial score (nSPS) is 27.4. The zero-order valence-corrected chi connectivity index (χ0v) is 16.9. The summed E-state index contributed by atoms with van der Waals surface area (Å²) in [6.45, 7) is 4.39. The molecule has 1 N–H and O–H groups in total. The minimum absolute atomic E-state index is 0. The molecule has 3 heteroatoms. The quantitative estimate of drug-likeness (QED) is 0.738. The summed E-state index contributed by atoms with van der Waals surface area (Å²) in [6, 6.07) is 6.25. The van der Waals surface area contributed by atoms with Crippen LogP contribution in [0.15, 0.2) is 66.9 Å². The number of hydrogen-bond donors (Lipinski definition) is 1. The Morgan fingerprint density at radius 3 is 2.52 bits per heavy atom. The first-order valence-electron chi connectivity index (χ1n) is 8.88. The predicted molar refractivity (Wildman–Crippen MR) is 111 cm³/mol. The molecule has 0 radical (unpaired) electrons. The van der Waals surface area contributed by atoms with E-state index < -0.39 is 0 Å². The highest BCUT2D eigenvalue weighted by atomic mass is 79.9. The minimum atomic E-state index is -0.269. The molecule has 0 aromatic heterocycles. The number of phenolic OH excluding ortho intramolecular Hbond substituents is 1. The van der Waals surface area contributed by atoms with Crippen molar-refractivity contribution in [1.29, 1.82) is 0 Å². The number of nitrogens with zero attached hydrogens (tertiary/aromatic N) is 1. The second kappa shape index (κ2) is 8.09.